The Morgan fingerprint density at radius 2 is 2.11 bits per heavy atom. The minimum Gasteiger partial charge on any atom is -0.335 e. The van der Waals surface area contributed by atoms with E-state index < -0.39 is 0 Å². The molecule has 98 valence electrons. The number of rotatable bonds is 4. The molecule has 2 amide bonds. The van der Waals surface area contributed by atoms with Gasteiger partial charge in [0.1, 0.15) is 5.88 Å². The second-order valence-corrected chi connectivity index (χ2v) is 5.02. The number of anilines is 1. The second-order valence-electron chi connectivity index (χ2n) is 3.90. The molecule has 1 N–H and O–H groups in total. The van der Waals surface area contributed by atoms with Gasteiger partial charge in [-0.25, -0.2) is 0 Å². The number of halogens is 2. The van der Waals surface area contributed by atoms with Crippen molar-refractivity contribution >= 4 is 45.0 Å². The van der Waals surface area contributed by atoms with Gasteiger partial charge < -0.3 is 10.2 Å². The summed E-state index contributed by atoms with van der Waals surface area (Å²) in [7, 11) is 1.54. The molecule has 0 aliphatic rings. The molecule has 0 heterocycles. The summed E-state index contributed by atoms with van der Waals surface area (Å²) >= 11 is 8.79. The highest BCUT2D eigenvalue weighted by Crippen LogP contribution is 2.20. The van der Waals surface area contributed by atoms with Crippen LogP contribution in [0.25, 0.3) is 0 Å². The molecule has 0 saturated heterocycles. The zero-order valence-electron chi connectivity index (χ0n) is 10.2. The number of alkyl halides is 1. The minimum absolute atomic E-state index is 0.0168. The van der Waals surface area contributed by atoms with Crippen LogP contribution in [0, 0.1) is 6.92 Å². The van der Waals surface area contributed by atoms with Crippen LogP contribution >= 0.6 is 27.5 Å². The first kappa shape index (κ1) is 15.0. The predicted molar refractivity (Wildman–Crippen MR) is 75.9 cm³/mol. The van der Waals surface area contributed by atoms with E-state index in [2.05, 4.69) is 21.2 Å². The Bertz CT molecular complexity index is 465. The van der Waals surface area contributed by atoms with E-state index >= 15 is 0 Å². The van der Waals surface area contributed by atoms with E-state index in [1.807, 2.05) is 19.1 Å². The van der Waals surface area contributed by atoms with Crippen LogP contribution in [0.5, 0.6) is 0 Å². The summed E-state index contributed by atoms with van der Waals surface area (Å²) < 4.78 is 0.922. The highest BCUT2D eigenvalue weighted by atomic mass is 79.9. The van der Waals surface area contributed by atoms with Gasteiger partial charge in [-0.2, -0.15) is 0 Å². The number of nitrogens with one attached hydrogen (secondary N) is 1. The first-order chi connectivity index (χ1) is 8.43. The van der Waals surface area contributed by atoms with E-state index in [-0.39, 0.29) is 24.2 Å². The Balaban J connectivity index is 2.59. The summed E-state index contributed by atoms with van der Waals surface area (Å²) in [6.07, 6.45) is 0. The number of carbonyl (C=O) groups is 2. The topological polar surface area (TPSA) is 49.4 Å². The maximum atomic E-state index is 11.7. The maximum absolute atomic E-state index is 11.7. The number of nitrogens with zero attached hydrogens (tertiary/aromatic N) is 1. The Morgan fingerprint density at radius 3 is 2.67 bits per heavy atom. The van der Waals surface area contributed by atoms with Crippen molar-refractivity contribution in [1.29, 1.82) is 0 Å². The average molecular weight is 334 g/mol. The third kappa shape index (κ3) is 4.31. The van der Waals surface area contributed by atoms with Crippen molar-refractivity contribution in [2.24, 2.45) is 0 Å². The summed E-state index contributed by atoms with van der Waals surface area (Å²) in [5.74, 6) is -0.663. The summed E-state index contributed by atoms with van der Waals surface area (Å²) in [5.41, 5.74) is 1.77. The van der Waals surface area contributed by atoms with Crippen LogP contribution in [0.2, 0.25) is 0 Å². The van der Waals surface area contributed by atoms with E-state index in [1.54, 1.807) is 6.07 Å². The van der Waals surface area contributed by atoms with E-state index in [9.17, 15) is 9.59 Å². The monoisotopic (exact) mass is 332 g/mol. The Morgan fingerprint density at radius 1 is 1.44 bits per heavy atom. The van der Waals surface area contributed by atoms with Crippen LogP contribution in [-0.2, 0) is 9.59 Å². The van der Waals surface area contributed by atoms with Gasteiger partial charge in [0, 0.05) is 17.2 Å². The van der Waals surface area contributed by atoms with Crippen molar-refractivity contribution in [3.8, 4) is 0 Å². The number of benzene rings is 1. The molecule has 0 aromatic heterocycles. The van der Waals surface area contributed by atoms with Gasteiger partial charge >= 0.3 is 0 Å². The summed E-state index contributed by atoms with van der Waals surface area (Å²) in [4.78, 5) is 24.2. The van der Waals surface area contributed by atoms with Gasteiger partial charge in [0.15, 0.2) is 0 Å². The molecule has 0 fully saturated rings. The van der Waals surface area contributed by atoms with Crippen LogP contribution in [0.1, 0.15) is 5.56 Å². The average Bonchev–Trinajstić information content (AvgIpc) is 2.32. The normalized spacial score (nSPS) is 10.0. The number of aryl methyl sites for hydroxylation is 1. The molecule has 4 nitrogen and oxygen atoms in total. The van der Waals surface area contributed by atoms with E-state index in [4.69, 9.17) is 11.6 Å². The van der Waals surface area contributed by atoms with Gasteiger partial charge in [0.05, 0.1) is 6.54 Å². The van der Waals surface area contributed by atoms with Crippen molar-refractivity contribution in [3.05, 3.63) is 28.2 Å². The van der Waals surface area contributed by atoms with Crippen molar-refractivity contribution in [1.82, 2.24) is 4.90 Å². The smallest absolute Gasteiger partial charge is 0.243 e. The van der Waals surface area contributed by atoms with Crippen LogP contribution in [0.4, 0.5) is 5.69 Å². The lowest BCUT2D eigenvalue weighted by molar-refractivity contribution is -0.131. The van der Waals surface area contributed by atoms with Crippen LogP contribution in [-0.4, -0.2) is 36.2 Å². The number of carbonyl (C=O) groups excluding carboxylic acids is 2. The maximum Gasteiger partial charge on any atom is 0.243 e. The largest absolute Gasteiger partial charge is 0.335 e. The molecule has 6 heteroatoms. The highest BCUT2D eigenvalue weighted by Gasteiger charge is 2.11. The molecule has 0 radical (unpaired) electrons. The Labute approximate surface area is 119 Å². The van der Waals surface area contributed by atoms with Gasteiger partial charge in [0.2, 0.25) is 11.8 Å². The molecule has 18 heavy (non-hydrogen) atoms. The molecule has 1 rings (SSSR count). The molecule has 1 aromatic carbocycles. The summed E-state index contributed by atoms with van der Waals surface area (Å²) in [6.45, 7) is 1.94. The fourth-order valence-corrected chi connectivity index (χ4v) is 1.86. The zero-order chi connectivity index (χ0) is 13.7. The van der Waals surface area contributed by atoms with Crippen LogP contribution in [0.15, 0.2) is 22.7 Å². The van der Waals surface area contributed by atoms with Gasteiger partial charge in [-0.3, -0.25) is 9.59 Å². The molecular formula is C12H14BrClN2O2. The Hall–Kier alpha value is -1.07. The molecular weight excluding hydrogens is 320 g/mol. The van der Waals surface area contributed by atoms with Gasteiger partial charge in [-0.05, 0) is 24.6 Å². The van der Waals surface area contributed by atoms with E-state index in [0.29, 0.717) is 5.69 Å². The van der Waals surface area contributed by atoms with Crippen LogP contribution in [0.3, 0.4) is 0 Å². The molecule has 0 saturated carbocycles. The molecule has 0 aliphatic heterocycles. The number of amides is 2. The quantitative estimate of drug-likeness (QED) is 0.860. The van der Waals surface area contributed by atoms with Crippen molar-refractivity contribution in [3.63, 3.8) is 0 Å². The van der Waals surface area contributed by atoms with Crippen molar-refractivity contribution < 1.29 is 9.59 Å². The standard InChI is InChI=1S/C12H14BrClN2O2/c1-8-3-4-9(5-10(8)13)15-11(17)7-16(2)12(18)6-14/h3-5H,6-7H2,1-2H3,(H,15,17). The Kier molecular flexibility index (Phi) is 5.62. The van der Waals surface area contributed by atoms with Gasteiger partial charge in [0.25, 0.3) is 0 Å². The number of hydrogen-bond acceptors (Lipinski definition) is 2. The lowest BCUT2D eigenvalue weighted by Crippen LogP contribution is -2.35. The van der Waals surface area contributed by atoms with Crippen molar-refractivity contribution in [2.75, 3.05) is 24.8 Å². The molecule has 0 spiro atoms. The highest BCUT2D eigenvalue weighted by molar-refractivity contribution is 9.10. The third-order valence-corrected chi connectivity index (χ3v) is 3.46. The van der Waals surface area contributed by atoms with E-state index in [1.165, 1.54) is 11.9 Å². The van der Waals surface area contributed by atoms with Gasteiger partial charge in [-0.15, -0.1) is 11.6 Å². The summed E-state index contributed by atoms with van der Waals surface area (Å²) in [5, 5.41) is 2.71. The molecule has 1 aromatic rings. The van der Waals surface area contributed by atoms with Crippen LogP contribution < -0.4 is 5.32 Å². The fraction of sp³-hybridized carbons (Fsp3) is 0.333. The van der Waals surface area contributed by atoms with Crippen molar-refractivity contribution in [2.45, 2.75) is 6.92 Å². The molecule has 0 unspecified atom stereocenters. The number of hydrogen-bond donors (Lipinski definition) is 1. The first-order valence-electron chi connectivity index (χ1n) is 5.30. The lowest BCUT2D eigenvalue weighted by atomic mass is 10.2. The number of likely N-dealkylation sites (N-methyl/N-ethyl adjacent to an activating group) is 1. The summed E-state index contributed by atoms with van der Waals surface area (Å²) in [6, 6.07) is 5.52. The molecule has 0 aliphatic carbocycles. The third-order valence-electron chi connectivity index (χ3n) is 2.38. The van der Waals surface area contributed by atoms with Gasteiger partial charge in [-0.1, -0.05) is 22.0 Å². The SMILES string of the molecule is Cc1ccc(NC(=O)CN(C)C(=O)CCl)cc1Br. The predicted octanol–water partition coefficient (Wildman–Crippen LogP) is 2.39. The zero-order valence-corrected chi connectivity index (χ0v) is 12.5. The molecule has 0 atom stereocenters. The lowest BCUT2D eigenvalue weighted by Gasteiger charge is -2.15. The fourth-order valence-electron chi connectivity index (χ4n) is 1.28. The first-order valence-corrected chi connectivity index (χ1v) is 6.62. The van der Waals surface area contributed by atoms with E-state index in [0.717, 1.165) is 10.0 Å². The second kappa shape index (κ2) is 6.75. The molecule has 0 bridgehead atoms. The minimum atomic E-state index is -0.281.